The Morgan fingerprint density at radius 3 is 2.57 bits per heavy atom. The van der Waals surface area contributed by atoms with Crippen LogP contribution in [0.5, 0.6) is 5.75 Å². The van der Waals surface area contributed by atoms with Crippen molar-refractivity contribution in [2.45, 2.75) is 70.5 Å². The number of halogens is 1. The van der Waals surface area contributed by atoms with Crippen LogP contribution < -0.4 is 4.74 Å². The molecule has 2 unspecified atom stereocenters. The zero-order valence-corrected chi connectivity index (χ0v) is 13.5. The van der Waals surface area contributed by atoms with Crippen molar-refractivity contribution in [1.29, 1.82) is 0 Å². The molecule has 0 heterocycles. The molecule has 0 bridgehead atoms. The van der Waals surface area contributed by atoms with Crippen molar-refractivity contribution in [2.75, 3.05) is 0 Å². The standard InChI is InChI=1S/C18H25ClO2/c1-2-13-11-14(7-8-15(13)19)21-17-12-16(20)18(17)9-5-3-4-6-10-18/h7-8,11,16-17,20H,2-6,9-10,12H2,1H3. The Morgan fingerprint density at radius 2 is 1.95 bits per heavy atom. The minimum atomic E-state index is -0.182. The predicted octanol–water partition coefficient (Wildman–Crippen LogP) is 4.76. The number of aliphatic hydroxyl groups is 1. The van der Waals surface area contributed by atoms with Gasteiger partial charge in [-0.25, -0.2) is 0 Å². The maximum atomic E-state index is 10.3. The second-order valence-electron chi connectivity index (χ2n) is 6.61. The average Bonchev–Trinajstić information content (AvgIpc) is 2.76. The van der Waals surface area contributed by atoms with Gasteiger partial charge < -0.3 is 9.84 Å². The topological polar surface area (TPSA) is 29.5 Å². The van der Waals surface area contributed by atoms with Crippen LogP contribution in [0, 0.1) is 5.41 Å². The first kappa shape index (κ1) is 15.2. The second-order valence-corrected chi connectivity index (χ2v) is 7.02. The first-order chi connectivity index (χ1) is 10.2. The van der Waals surface area contributed by atoms with Crippen LogP contribution in [-0.4, -0.2) is 17.3 Å². The number of hydrogen-bond donors (Lipinski definition) is 1. The third-order valence-electron chi connectivity index (χ3n) is 5.45. The molecule has 0 radical (unpaired) electrons. The van der Waals surface area contributed by atoms with E-state index in [4.69, 9.17) is 16.3 Å². The van der Waals surface area contributed by atoms with Crippen molar-refractivity contribution in [3.63, 3.8) is 0 Å². The Labute approximate surface area is 132 Å². The largest absolute Gasteiger partial charge is 0.490 e. The van der Waals surface area contributed by atoms with Crippen LogP contribution in [0.3, 0.4) is 0 Å². The Bertz CT molecular complexity index is 492. The smallest absolute Gasteiger partial charge is 0.120 e. The Balaban J connectivity index is 1.75. The van der Waals surface area contributed by atoms with Crippen LogP contribution in [0.2, 0.25) is 5.02 Å². The Hall–Kier alpha value is -0.730. The van der Waals surface area contributed by atoms with Crippen LogP contribution in [0.25, 0.3) is 0 Å². The van der Waals surface area contributed by atoms with Gasteiger partial charge in [0, 0.05) is 16.9 Å². The van der Waals surface area contributed by atoms with Crippen molar-refractivity contribution in [3.05, 3.63) is 28.8 Å². The van der Waals surface area contributed by atoms with Gasteiger partial charge in [0.05, 0.1) is 6.10 Å². The van der Waals surface area contributed by atoms with E-state index in [0.717, 1.165) is 42.0 Å². The van der Waals surface area contributed by atoms with E-state index in [9.17, 15) is 5.11 Å². The van der Waals surface area contributed by atoms with E-state index in [1.165, 1.54) is 25.7 Å². The van der Waals surface area contributed by atoms with Crippen molar-refractivity contribution in [3.8, 4) is 5.75 Å². The maximum absolute atomic E-state index is 10.3. The zero-order valence-electron chi connectivity index (χ0n) is 12.8. The van der Waals surface area contributed by atoms with Gasteiger partial charge >= 0.3 is 0 Å². The lowest BCUT2D eigenvalue weighted by Crippen LogP contribution is -2.59. The van der Waals surface area contributed by atoms with E-state index in [-0.39, 0.29) is 17.6 Å². The quantitative estimate of drug-likeness (QED) is 0.872. The SMILES string of the molecule is CCc1cc(OC2CC(O)C23CCCCCC3)ccc1Cl. The summed E-state index contributed by atoms with van der Waals surface area (Å²) in [5.41, 5.74) is 1.13. The van der Waals surface area contributed by atoms with E-state index in [2.05, 4.69) is 13.0 Å². The molecule has 21 heavy (non-hydrogen) atoms. The van der Waals surface area contributed by atoms with Crippen molar-refractivity contribution >= 4 is 11.6 Å². The van der Waals surface area contributed by atoms with Gasteiger partial charge in [-0.1, -0.05) is 44.2 Å². The van der Waals surface area contributed by atoms with Gasteiger partial charge in [-0.05, 0) is 43.0 Å². The fourth-order valence-corrected chi connectivity index (χ4v) is 4.24. The number of ether oxygens (including phenoxy) is 1. The van der Waals surface area contributed by atoms with E-state index in [1.807, 2.05) is 12.1 Å². The summed E-state index contributed by atoms with van der Waals surface area (Å²) in [5.74, 6) is 0.900. The first-order valence-electron chi connectivity index (χ1n) is 8.29. The first-order valence-corrected chi connectivity index (χ1v) is 8.66. The lowest BCUT2D eigenvalue weighted by molar-refractivity contribution is -0.163. The normalized spacial score (nSPS) is 28.0. The Kier molecular flexibility index (Phi) is 4.46. The van der Waals surface area contributed by atoms with Gasteiger partial charge in [-0.2, -0.15) is 0 Å². The predicted molar refractivity (Wildman–Crippen MR) is 86.0 cm³/mol. The van der Waals surface area contributed by atoms with Crippen LogP contribution in [0.4, 0.5) is 0 Å². The summed E-state index contributed by atoms with van der Waals surface area (Å²) in [4.78, 5) is 0. The summed E-state index contributed by atoms with van der Waals surface area (Å²) >= 11 is 6.17. The molecule has 2 fully saturated rings. The minimum absolute atomic E-state index is 0.00249. The third-order valence-corrected chi connectivity index (χ3v) is 5.82. The zero-order chi connectivity index (χ0) is 14.9. The molecule has 1 spiro atoms. The van der Waals surface area contributed by atoms with E-state index < -0.39 is 0 Å². The molecule has 0 amide bonds. The fraction of sp³-hybridized carbons (Fsp3) is 0.667. The summed E-state index contributed by atoms with van der Waals surface area (Å²) in [6.45, 7) is 2.10. The molecule has 1 aromatic carbocycles. The molecule has 3 rings (SSSR count). The lowest BCUT2D eigenvalue weighted by atomic mass is 9.59. The van der Waals surface area contributed by atoms with Crippen molar-refractivity contribution in [1.82, 2.24) is 0 Å². The Morgan fingerprint density at radius 1 is 1.24 bits per heavy atom. The highest BCUT2D eigenvalue weighted by Crippen LogP contribution is 2.52. The summed E-state index contributed by atoms with van der Waals surface area (Å²) in [6, 6.07) is 5.93. The number of rotatable bonds is 3. The number of hydrogen-bond acceptors (Lipinski definition) is 2. The van der Waals surface area contributed by atoms with Gasteiger partial charge in [0.25, 0.3) is 0 Å². The lowest BCUT2D eigenvalue weighted by Gasteiger charge is -2.53. The monoisotopic (exact) mass is 308 g/mol. The van der Waals surface area contributed by atoms with E-state index in [0.29, 0.717) is 0 Å². The summed E-state index contributed by atoms with van der Waals surface area (Å²) in [5, 5.41) is 11.1. The van der Waals surface area contributed by atoms with E-state index >= 15 is 0 Å². The van der Waals surface area contributed by atoms with Gasteiger partial charge in [0.15, 0.2) is 0 Å². The second kappa shape index (κ2) is 6.18. The van der Waals surface area contributed by atoms with Crippen LogP contribution in [0.1, 0.15) is 57.4 Å². The highest BCUT2D eigenvalue weighted by atomic mass is 35.5. The summed E-state index contributed by atoms with van der Waals surface area (Å²) < 4.78 is 6.25. The number of aliphatic hydroxyl groups excluding tert-OH is 1. The average molecular weight is 309 g/mol. The van der Waals surface area contributed by atoms with E-state index in [1.54, 1.807) is 0 Å². The van der Waals surface area contributed by atoms with Gasteiger partial charge in [0.1, 0.15) is 11.9 Å². The summed E-state index contributed by atoms with van der Waals surface area (Å²) in [7, 11) is 0. The van der Waals surface area contributed by atoms with Crippen LogP contribution in [-0.2, 0) is 6.42 Å². The highest BCUT2D eigenvalue weighted by molar-refractivity contribution is 6.31. The molecule has 2 saturated carbocycles. The molecule has 2 nitrogen and oxygen atoms in total. The molecule has 2 aliphatic carbocycles. The molecule has 3 heteroatoms. The molecular weight excluding hydrogens is 284 g/mol. The van der Waals surface area contributed by atoms with Gasteiger partial charge in [-0.15, -0.1) is 0 Å². The molecule has 1 N–H and O–H groups in total. The maximum Gasteiger partial charge on any atom is 0.120 e. The molecule has 2 atom stereocenters. The van der Waals surface area contributed by atoms with Crippen LogP contribution >= 0.6 is 11.6 Å². The number of aryl methyl sites for hydroxylation is 1. The molecule has 0 aliphatic heterocycles. The molecule has 0 saturated heterocycles. The third kappa shape index (κ3) is 2.80. The molecule has 1 aromatic rings. The van der Waals surface area contributed by atoms with Crippen LogP contribution in [0.15, 0.2) is 18.2 Å². The highest BCUT2D eigenvalue weighted by Gasteiger charge is 2.55. The van der Waals surface area contributed by atoms with Crippen molar-refractivity contribution in [2.24, 2.45) is 5.41 Å². The van der Waals surface area contributed by atoms with Gasteiger partial charge in [0.2, 0.25) is 0 Å². The fourth-order valence-electron chi connectivity index (χ4n) is 3.99. The minimum Gasteiger partial charge on any atom is -0.490 e. The molecule has 0 aromatic heterocycles. The van der Waals surface area contributed by atoms with Crippen molar-refractivity contribution < 1.29 is 9.84 Å². The number of benzene rings is 1. The molecular formula is C18H25ClO2. The molecule has 2 aliphatic rings. The molecule has 116 valence electrons. The summed E-state index contributed by atoms with van der Waals surface area (Å²) in [6.07, 6.45) is 8.90. The van der Waals surface area contributed by atoms with Gasteiger partial charge in [-0.3, -0.25) is 0 Å².